The van der Waals surface area contributed by atoms with Gasteiger partial charge in [-0.3, -0.25) is 0 Å². The smallest absolute Gasteiger partial charge is 0.0623 e. The fourth-order valence-corrected chi connectivity index (χ4v) is 2.09. The van der Waals surface area contributed by atoms with Crippen molar-refractivity contribution in [2.45, 2.75) is 40.2 Å². The Morgan fingerprint density at radius 2 is 2.00 bits per heavy atom. The van der Waals surface area contributed by atoms with Gasteiger partial charge in [0, 0.05) is 18.5 Å². The molecule has 0 radical (unpaired) electrons. The van der Waals surface area contributed by atoms with E-state index in [4.69, 9.17) is 4.74 Å². The van der Waals surface area contributed by atoms with E-state index in [9.17, 15) is 0 Å². The van der Waals surface area contributed by atoms with E-state index < -0.39 is 0 Å². The first-order chi connectivity index (χ1) is 8.15. The topological polar surface area (TPSA) is 33.3 Å². The van der Waals surface area contributed by atoms with Crippen LogP contribution in [0.2, 0.25) is 0 Å². The van der Waals surface area contributed by atoms with E-state index in [1.807, 2.05) is 0 Å². The lowest BCUT2D eigenvalue weighted by atomic mass is 9.97. The van der Waals surface area contributed by atoms with Crippen LogP contribution in [0.25, 0.3) is 0 Å². The van der Waals surface area contributed by atoms with Gasteiger partial charge in [0.25, 0.3) is 0 Å². The minimum atomic E-state index is 0.553. The molecule has 0 bridgehead atoms. The van der Waals surface area contributed by atoms with Gasteiger partial charge in [0.1, 0.15) is 0 Å². The molecule has 3 nitrogen and oxygen atoms in total. The van der Waals surface area contributed by atoms with Crippen LogP contribution >= 0.6 is 0 Å². The monoisotopic (exact) mass is 242 g/mol. The third kappa shape index (κ3) is 5.36. The predicted octanol–water partition coefficient (Wildman–Crippen LogP) is 1.88. The van der Waals surface area contributed by atoms with E-state index >= 15 is 0 Å². The average molecular weight is 242 g/mol. The second kappa shape index (κ2) is 8.06. The Morgan fingerprint density at radius 3 is 2.65 bits per heavy atom. The van der Waals surface area contributed by atoms with Crippen molar-refractivity contribution in [2.75, 3.05) is 32.8 Å². The molecule has 0 spiro atoms. The second-order valence-electron chi connectivity index (χ2n) is 5.74. The van der Waals surface area contributed by atoms with Gasteiger partial charge in [-0.2, -0.15) is 0 Å². The highest BCUT2D eigenvalue weighted by molar-refractivity contribution is 4.82. The molecule has 0 aliphatic carbocycles. The molecule has 17 heavy (non-hydrogen) atoms. The number of nitrogens with one attached hydrogen (secondary N) is 2. The van der Waals surface area contributed by atoms with E-state index in [-0.39, 0.29) is 0 Å². The summed E-state index contributed by atoms with van der Waals surface area (Å²) in [4.78, 5) is 0. The fraction of sp³-hybridized carbons (Fsp3) is 1.00. The molecule has 0 aromatic rings. The Labute approximate surface area is 107 Å². The van der Waals surface area contributed by atoms with Crippen molar-refractivity contribution in [3.63, 3.8) is 0 Å². The maximum absolute atomic E-state index is 5.57. The van der Waals surface area contributed by atoms with Gasteiger partial charge in [-0.05, 0) is 31.3 Å². The molecule has 3 unspecified atom stereocenters. The summed E-state index contributed by atoms with van der Waals surface area (Å²) in [5.74, 6) is 2.15. The maximum atomic E-state index is 5.57. The fourth-order valence-electron chi connectivity index (χ4n) is 2.09. The summed E-state index contributed by atoms with van der Waals surface area (Å²) >= 11 is 0. The molecular formula is C14H30N2O. The SMILES string of the molecule is CCCNC1COCC1CNCC(C)C(C)C. The lowest BCUT2D eigenvalue weighted by Crippen LogP contribution is -2.41. The highest BCUT2D eigenvalue weighted by Gasteiger charge is 2.27. The quantitative estimate of drug-likeness (QED) is 0.682. The third-order valence-electron chi connectivity index (χ3n) is 3.87. The zero-order chi connectivity index (χ0) is 12.7. The predicted molar refractivity (Wildman–Crippen MR) is 73.3 cm³/mol. The Morgan fingerprint density at radius 1 is 1.24 bits per heavy atom. The van der Waals surface area contributed by atoms with Gasteiger partial charge in [-0.25, -0.2) is 0 Å². The van der Waals surface area contributed by atoms with Crippen molar-refractivity contribution < 1.29 is 4.74 Å². The van der Waals surface area contributed by atoms with Gasteiger partial charge in [0.2, 0.25) is 0 Å². The molecule has 1 fully saturated rings. The van der Waals surface area contributed by atoms with Crippen LogP contribution in [-0.4, -0.2) is 38.9 Å². The molecule has 2 N–H and O–H groups in total. The summed E-state index contributed by atoms with van der Waals surface area (Å²) < 4.78 is 5.57. The normalized spacial score (nSPS) is 26.6. The lowest BCUT2D eigenvalue weighted by molar-refractivity contribution is 0.181. The molecule has 0 amide bonds. The highest BCUT2D eigenvalue weighted by atomic mass is 16.5. The van der Waals surface area contributed by atoms with E-state index in [0.717, 1.165) is 44.7 Å². The number of hydrogen-bond acceptors (Lipinski definition) is 3. The number of ether oxygens (including phenoxy) is 1. The first-order valence-electron chi connectivity index (χ1n) is 7.17. The summed E-state index contributed by atoms with van der Waals surface area (Å²) in [5, 5.41) is 7.17. The van der Waals surface area contributed by atoms with Gasteiger partial charge in [-0.1, -0.05) is 27.7 Å². The van der Waals surface area contributed by atoms with Crippen molar-refractivity contribution >= 4 is 0 Å². The van der Waals surface area contributed by atoms with Gasteiger partial charge >= 0.3 is 0 Å². The molecule has 1 aliphatic heterocycles. The molecule has 0 aromatic carbocycles. The zero-order valence-electron chi connectivity index (χ0n) is 12.0. The lowest BCUT2D eigenvalue weighted by Gasteiger charge is -2.21. The van der Waals surface area contributed by atoms with E-state index in [1.165, 1.54) is 6.42 Å². The summed E-state index contributed by atoms with van der Waals surface area (Å²) in [7, 11) is 0. The van der Waals surface area contributed by atoms with Gasteiger partial charge in [0.05, 0.1) is 13.2 Å². The Kier molecular flexibility index (Phi) is 7.09. The Bertz CT molecular complexity index is 197. The standard InChI is InChI=1S/C14H30N2O/c1-5-6-16-14-10-17-9-13(14)8-15-7-12(4)11(2)3/h11-16H,5-10H2,1-4H3. The molecule has 0 saturated carbocycles. The zero-order valence-corrected chi connectivity index (χ0v) is 12.0. The summed E-state index contributed by atoms with van der Waals surface area (Å²) in [6.45, 7) is 14.2. The molecule has 1 aliphatic rings. The van der Waals surface area contributed by atoms with Crippen LogP contribution in [0.3, 0.4) is 0 Å². The van der Waals surface area contributed by atoms with Gasteiger partial charge < -0.3 is 15.4 Å². The molecule has 3 atom stereocenters. The first kappa shape index (κ1) is 14.9. The molecule has 0 aromatic heterocycles. The van der Waals surface area contributed by atoms with Crippen molar-refractivity contribution in [1.29, 1.82) is 0 Å². The highest BCUT2D eigenvalue weighted by Crippen LogP contribution is 2.13. The Balaban J connectivity index is 2.16. The number of rotatable bonds is 8. The minimum absolute atomic E-state index is 0.553. The summed E-state index contributed by atoms with van der Waals surface area (Å²) in [5.41, 5.74) is 0. The maximum Gasteiger partial charge on any atom is 0.0623 e. The summed E-state index contributed by atoms with van der Waals surface area (Å²) in [6.07, 6.45) is 1.20. The van der Waals surface area contributed by atoms with Crippen LogP contribution in [0, 0.1) is 17.8 Å². The van der Waals surface area contributed by atoms with Crippen LogP contribution in [-0.2, 0) is 4.74 Å². The second-order valence-corrected chi connectivity index (χ2v) is 5.74. The third-order valence-corrected chi connectivity index (χ3v) is 3.87. The molecule has 1 heterocycles. The van der Waals surface area contributed by atoms with Crippen molar-refractivity contribution in [2.24, 2.45) is 17.8 Å². The Hall–Kier alpha value is -0.120. The van der Waals surface area contributed by atoms with Crippen LogP contribution in [0.15, 0.2) is 0 Å². The minimum Gasteiger partial charge on any atom is -0.379 e. The first-order valence-corrected chi connectivity index (χ1v) is 7.17. The van der Waals surface area contributed by atoms with Gasteiger partial charge in [-0.15, -0.1) is 0 Å². The molecule has 102 valence electrons. The van der Waals surface area contributed by atoms with Crippen molar-refractivity contribution in [3.05, 3.63) is 0 Å². The molecular weight excluding hydrogens is 212 g/mol. The van der Waals surface area contributed by atoms with Gasteiger partial charge in [0.15, 0.2) is 0 Å². The molecule has 3 heteroatoms. The summed E-state index contributed by atoms with van der Waals surface area (Å²) in [6, 6.07) is 0.553. The van der Waals surface area contributed by atoms with Crippen molar-refractivity contribution in [1.82, 2.24) is 10.6 Å². The number of hydrogen-bond donors (Lipinski definition) is 2. The molecule has 1 rings (SSSR count). The van der Waals surface area contributed by atoms with Crippen LogP contribution < -0.4 is 10.6 Å². The van der Waals surface area contributed by atoms with Crippen LogP contribution in [0.1, 0.15) is 34.1 Å². The van der Waals surface area contributed by atoms with Crippen molar-refractivity contribution in [3.8, 4) is 0 Å². The van der Waals surface area contributed by atoms with E-state index in [1.54, 1.807) is 0 Å². The molecule has 1 saturated heterocycles. The largest absolute Gasteiger partial charge is 0.379 e. The average Bonchev–Trinajstić information content (AvgIpc) is 2.73. The van der Waals surface area contributed by atoms with E-state index in [0.29, 0.717) is 12.0 Å². The van der Waals surface area contributed by atoms with Crippen LogP contribution in [0.4, 0.5) is 0 Å². The van der Waals surface area contributed by atoms with Crippen LogP contribution in [0.5, 0.6) is 0 Å². The van der Waals surface area contributed by atoms with E-state index in [2.05, 4.69) is 38.3 Å².